The Labute approximate surface area is 94.0 Å². The fourth-order valence-corrected chi connectivity index (χ4v) is 3.23. The Balaban J connectivity index is 2.42. The van der Waals surface area contributed by atoms with Gasteiger partial charge in [-0.05, 0) is 23.7 Å². The van der Waals surface area contributed by atoms with E-state index in [2.05, 4.69) is 0 Å². The van der Waals surface area contributed by atoms with E-state index in [0.29, 0.717) is 6.42 Å². The van der Waals surface area contributed by atoms with Crippen LogP contribution in [0.1, 0.15) is 20.3 Å². The van der Waals surface area contributed by atoms with Crippen molar-refractivity contribution in [3.8, 4) is 0 Å². The predicted octanol–water partition coefficient (Wildman–Crippen LogP) is 1.62. The standard InChI is InChI=1S/C12H16O4/c1-12(2)4-3-6-5-7(12)9(11(15)16)8(6)10(13)14/h3-4,6-9H,5H2,1-2H3,(H,13,14)(H,15,16). The van der Waals surface area contributed by atoms with Crippen LogP contribution >= 0.6 is 0 Å². The van der Waals surface area contributed by atoms with Crippen LogP contribution in [0.4, 0.5) is 0 Å². The van der Waals surface area contributed by atoms with Crippen molar-refractivity contribution in [2.75, 3.05) is 0 Å². The summed E-state index contributed by atoms with van der Waals surface area (Å²) in [5, 5.41) is 18.4. The molecule has 0 aromatic rings. The van der Waals surface area contributed by atoms with E-state index in [0.717, 1.165) is 0 Å². The molecule has 0 heterocycles. The van der Waals surface area contributed by atoms with Crippen LogP contribution in [0.2, 0.25) is 0 Å². The van der Waals surface area contributed by atoms with Gasteiger partial charge in [-0.3, -0.25) is 9.59 Å². The molecule has 4 heteroatoms. The first-order valence-corrected chi connectivity index (χ1v) is 5.49. The van der Waals surface area contributed by atoms with Crippen LogP contribution in [0.15, 0.2) is 12.2 Å². The number of fused-ring (bicyclic) bond motifs is 2. The normalized spacial score (nSPS) is 39.6. The average molecular weight is 224 g/mol. The lowest BCUT2D eigenvalue weighted by Gasteiger charge is -2.33. The van der Waals surface area contributed by atoms with Crippen LogP contribution in [0.25, 0.3) is 0 Å². The Kier molecular flexibility index (Phi) is 2.33. The maximum absolute atomic E-state index is 11.3. The van der Waals surface area contributed by atoms with Crippen LogP contribution in [0.3, 0.4) is 0 Å². The molecule has 2 aliphatic rings. The van der Waals surface area contributed by atoms with Crippen LogP contribution < -0.4 is 0 Å². The van der Waals surface area contributed by atoms with Crippen LogP contribution in [0, 0.1) is 29.1 Å². The first-order chi connectivity index (χ1) is 7.34. The van der Waals surface area contributed by atoms with Crippen LogP contribution in [-0.2, 0) is 9.59 Å². The van der Waals surface area contributed by atoms with Gasteiger partial charge in [0.25, 0.3) is 0 Å². The fraction of sp³-hybridized carbons (Fsp3) is 0.667. The summed E-state index contributed by atoms with van der Waals surface area (Å²) in [4.78, 5) is 22.4. The number of allylic oxidation sites excluding steroid dienone is 2. The van der Waals surface area contributed by atoms with Crippen molar-refractivity contribution >= 4 is 11.9 Å². The van der Waals surface area contributed by atoms with Crippen molar-refractivity contribution in [3.05, 3.63) is 12.2 Å². The third-order valence-electron chi connectivity index (χ3n) is 4.11. The van der Waals surface area contributed by atoms with Crippen molar-refractivity contribution in [1.82, 2.24) is 0 Å². The number of carbonyl (C=O) groups is 2. The third kappa shape index (κ3) is 1.44. The maximum Gasteiger partial charge on any atom is 0.307 e. The largest absolute Gasteiger partial charge is 0.481 e. The van der Waals surface area contributed by atoms with Gasteiger partial charge in [0.05, 0.1) is 11.8 Å². The third-order valence-corrected chi connectivity index (χ3v) is 4.11. The molecule has 1 saturated carbocycles. The molecule has 0 amide bonds. The zero-order valence-corrected chi connectivity index (χ0v) is 9.38. The van der Waals surface area contributed by atoms with E-state index >= 15 is 0 Å². The molecule has 4 unspecified atom stereocenters. The van der Waals surface area contributed by atoms with Crippen LogP contribution in [0.5, 0.6) is 0 Å². The van der Waals surface area contributed by atoms with E-state index in [1.54, 1.807) is 0 Å². The van der Waals surface area contributed by atoms with E-state index in [-0.39, 0.29) is 17.3 Å². The second-order valence-corrected chi connectivity index (χ2v) is 5.41. The minimum absolute atomic E-state index is 0.0684. The van der Waals surface area contributed by atoms with E-state index in [1.165, 1.54) is 0 Å². The highest BCUT2D eigenvalue weighted by Crippen LogP contribution is 2.54. The van der Waals surface area contributed by atoms with Gasteiger partial charge in [-0.2, -0.15) is 0 Å². The van der Waals surface area contributed by atoms with Crippen molar-refractivity contribution in [2.24, 2.45) is 29.1 Å². The van der Waals surface area contributed by atoms with Gasteiger partial charge >= 0.3 is 11.9 Å². The molecule has 2 N–H and O–H groups in total. The molecular weight excluding hydrogens is 208 g/mol. The summed E-state index contributed by atoms with van der Waals surface area (Å²) >= 11 is 0. The number of hydrogen-bond acceptors (Lipinski definition) is 2. The minimum atomic E-state index is -0.984. The lowest BCUT2D eigenvalue weighted by Crippen LogP contribution is -2.35. The zero-order chi connectivity index (χ0) is 12.1. The smallest absolute Gasteiger partial charge is 0.307 e. The molecule has 0 radical (unpaired) electrons. The van der Waals surface area contributed by atoms with E-state index in [4.69, 9.17) is 5.11 Å². The quantitative estimate of drug-likeness (QED) is 0.699. The maximum atomic E-state index is 11.3. The minimum Gasteiger partial charge on any atom is -0.481 e. The molecule has 4 atom stereocenters. The highest BCUT2D eigenvalue weighted by Gasteiger charge is 2.55. The molecule has 4 nitrogen and oxygen atoms in total. The molecule has 2 rings (SSSR count). The SMILES string of the molecule is CC1(C)C=CC2CC1C(C(=O)O)C2C(=O)O. The Hall–Kier alpha value is -1.32. The Morgan fingerprint density at radius 2 is 1.75 bits per heavy atom. The number of carboxylic acids is 2. The van der Waals surface area contributed by atoms with Gasteiger partial charge in [-0.1, -0.05) is 26.0 Å². The molecule has 2 bridgehead atoms. The second-order valence-electron chi connectivity index (χ2n) is 5.41. The summed E-state index contributed by atoms with van der Waals surface area (Å²) in [6.07, 6.45) is 4.54. The summed E-state index contributed by atoms with van der Waals surface area (Å²) in [5.41, 5.74) is -0.218. The van der Waals surface area contributed by atoms with E-state index < -0.39 is 23.8 Å². The molecule has 0 saturated heterocycles. The molecule has 2 aliphatic carbocycles. The lowest BCUT2D eigenvalue weighted by atomic mass is 9.71. The molecule has 0 aromatic heterocycles. The Morgan fingerprint density at radius 3 is 2.25 bits per heavy atom. The van der Waals surface area contributed by atoms with Crippen molar-refractivity contribution in [3.63, 3.8) is 0 Å². The Morgan fingerprint density at radius 1 is 1.19 bits per heavy atom. The molecule has 88 valence electrons. The topological polar surface area (TPSA) is 74.6 Å². The van der Waals surface area contributed by atoms with Gasteiger partial charge in [0, 0.05) is 0 Å². The average Bonchev–Trinajstić information content (AvgIpc) is 2.49. The Bertz CT molecular complexity index is 369. The van der Waals surface area contributed by atoms with E-state index in [1.807, 2.05) is 26.0 Å². The molecular formula is C12H16O4. The summed E-state index contributed by atoms with van der Waals surface area (Å²) in [6, 6.07) is 0. The summed E-state index contributed by atoms with van der Waals surface area (Å²) < 4.78 is 0. The monoisotopic (exact) mass is 224 g/mol. The van der Waals surface area contributed by atoms with Gasteiger partial charge in [0.2, 0.25) is 0 Å². The number of carboxylic acid groups (broad SMARTS) is 2. The molecule has 1 fully saturated rings. The van der Waals surface area contributed by atoms with Gasteiger partial charge < -0.3 is 10.2 Å². The first kappa shape index (κ1) is 11.2. The lowest BCUT2D eigenvalue weighted by molar-refractivity contribution is -0.155. The molecule has 0 spiro atoms. The van der Waals surface area contributed by atoms with Crippen molar-refractivity contribution < 1.29 is 19.8 Å². The summed E-state index contributed by atoms with van der Waals surface area (Å²) in [5.74, 6) is -3.66. The van der Waals surface area contributed by atoms with Gasteiger partial charge in [0.1, 0.15) is 0 Å². The molecule has 16 heavy (non-hydrogen) atoms. The zero-order valence-electron chi connectivity index (χ0n) is 9.38. The van der Waals surface area contributed by atoms with Gasteiger partial charge in [-0.15, -0.1) is 0 Å². The number of aliphatic carboxylic acids is 2. The van der Waals surface area contributed by atoms with Crippen LogP contribution in [-0.4, -0.2) is 22.2 Å². The predicted molar refractivity (Wildman–Crippen MR) is 56.8 cm³/mol. The van der Waals surface area contributed by atoms with E-state index in [9.17, 15) is 14.7 Å². The highest BCUT2D eigenvalue weighted by molar-refractivity contribution is 5.82. The highest BCUT2D eigenvalue weighted by atomic mass is 16.4. The van der Waals surface area contributed by atoms with Crippen molar-refractivity contribution in [1.29, 1.82) is 0 Å². The molecule has 0 aliphatic heterocycles. The molecule has 0 aromatic carbocycles. The van der Waals surface area contributed by atoms with Crippen molar-refractivity contribution in [2.45, 2.75) is 20.3 Å². The number of hydrogen-bond donors (Lipinski definition) is 2. The summed E-state index contributed by atoms with van der Waals surface area (Å²) in [7, 11) is 0. The second kappa shape index (κ2) is 3.34. The van der Waals surface area contributed by atoms with Gasteiger partial charge in [0.15, 0.2) is 0 Å². The van der Waals surface area contributed by atoms with Gasteiger partial charge in [-0.25, -0.2) is 0 Å². The first-order valence-electron chi connectivity index (χ1n) is 5.49. The number of rotatable bonds is 2. The summed E-state index contributed by atoms with van der Waals surface area (Å²) in [6.45, 7) is 3.95. The fourth-order valence-electron chi connectivity index (χ4n) is 3.23.